The summed E-state index contributed by atoms with van der Waals surface area (Å²) in [6.45, 7) is 5.87. The minimum absolute atomic E-state index is 0.110. The second-order valence-electron chi connectivity index (χ2n) is 6.97. The van der Waals surface area contributed by atoms with Crippen LogP contribution in [0.4, 0.5) is 0 Å². The number of benzene rings is 1. The number of ether oxygens (including phenoxy) is 1. The molecule has 1 fully saturated rings. The van der Waals surface area contributed by atoms with Gasteiger partial charge in [-0.1, -0.05) is 11.6 Å². The molecule has 5 nitrogen and oxygen atoms in total. The van der Waals surface area contributed by atoms with Gasteiger partial charge in [0.1, 0.15) is 12.4 Å². The normalized spacial score (nSPS) is 15.7. The van der Waals surface area contributed by atoms with E-state index in [9.17, 15) is 4.79 Å². The predicted molar refractivity (Wildman–Crippen MR) is 109 cm³/mol. The number of rotatable bonds is 7. The van der Waals surface area contributed by atoms with Crippen molar-refractivity contribution in [2.45, 2.75) is 26.3 Å². The van der Waals surface area contributed by atoms with Crippen LogP contribution in [0.2, 0.25) is 5.02 Å². The Balaban J connectivity index is 1.38. The van der Waals surface area contributed by atoms with Crippen LogP contribution in [0, 0.1) is 12.8 Å². The number of aromatic nitrogens is 1. The van der Waals surface area contributed by atoms with E-state index in [2.05, 4.69) is 15.3 Å². The first-order valence-corrected chi connectivity index (χ1v) is 10.5. The van der Waals surface area contributed by atoms with Gasteiger partial charge in [0.25, 0.3) is 0 Å². The van der Waals surface area contributed by atoms with Crippen LogP contribution in [-0.4, -0.2) is 54.0 Å². The Morgan fingerprint density at radius 1 is 1.33 bits per heavy atom. The first-order chi connectivity index (χ1) is 13.0. The number of likely N-dealkylation sites (N-methyl/N-ethyl adjacent to an activating group) is 1. The van der Waals surface area contributed by atoms with E-state index in [1.54, 1.807) is 28.4 Å². The average Bonchev–Trinajstić information content (AvgIpc) is 3.08. The molecule has 2 heterocycles. The molecule has 3 rings (SSSR count). The fraction of sp³-hybridized carbons (Fsp3) is 0.500. The van der Waals surface area contributed by atoms with Crippen molar-refractivity contribution in [3.05, 3.63) is 45.4 Å². The van der Waals surface area contributed by atoms with Crippen molar-refractivity contribution in [2.24, 2.45) is 5.92 Å². The SMILES string of the molecule is Cc1nc(CN2CCC(C(=O)N(C)CCOc3ccc(Cl)cc3)CC2)cs1. The molecule has 2 aromatic rings. The van der Waals surface area contributed by atoms with Crippen molar-refractivity contribution in [3.8, 4) is 5.75 Å². The molecule has 1 aromatic carbocycles. The highest BCUT2D eigenvalue weighted by molar-refractivity contribution is 7.09. The molecule has 0 unspecified atom stereocenters. The molecule has 1 amide bonds. The van der Waals surface area contributed by atoms with Gasteiger partial charge in [-0.05, 0) is 57.1 Å². The van der Waals surface area contributed by atoms with E-state index in [1.165, 1.54) is 0 Å². The van der Waals surface area contributed by atoms with Gasteiger partial charge in [0, 0.05) is 29.9 Å². The van der Waals surface area contributed by atoms with Crippen LogP contribution >= 0.6 is 22.9 Å². The maximum atomic E-state index is 12.7. The third-order valence-electron chi connectivity index (χ3n) is 4.87. The zero-order valence-corrected chi connectivity index (χ0v) is 17.4. The topological polar surface area (TPSA) is 45.7 Å². The second kappa shape index (κ2) is 9.53. The van der Waals surface area contributed by atoms with E-state index in [4.69, 9.17) is 16.3 Å². The molecular weight excluding hydrogens is 382 g/mol. The Morgan fingerprint density at radius 3 is 2.67 bits per heavy atom. The van der Waals surface area contributed by atoms with Crippen LogP contribution in [0.25, 0.3) is 0 Å². The number of carbonyl (C=O) groups excluding carboxylic acids is 1. The zero-order chi connectivity index (χ0) is 19.2. The van der Waals surface area contributed by atoms with Crippen molar-refractivity contribution in [3.63, 3.8) is 0 Å². The summed E-state index contributed by atoms with van der Waals surface area (Å²) >= 11 is 7.56. The molecule has 0 bridgehead atoms. The molecule has 146 valence electrons. The highest BCUT2D eigenvalue weighted by Crippen LogP contribution is 2.21. The lowest BCUT2D eigenvalue weighted by molar-refractivity contribution is -0.136. The minimum atomic E-state index is 0.110. The Morgan fingerprint density at radius 2 is 2.04 bits per heavy atom. The van der Waals surface area contributed by atoms with E-state index in [0.717, 1.165) is 48.9 Å². The number of halogens is 1. The van der Waals surface area contributed by atoms with Gasteiger partial charge in [-0.2, -0.15) is 0 Å². The smallest absolute Gasteiger partial charge is 0.225 e. The number of thiazole rings is 1. The molecule has 1 aliphatic heterocycles. The molecule has 27 heavy (non-hydrogen) atoms. The lowest BCUT2D eigenvalue weighted by atomic mass is 9.95. The van der Waals surface area contributed by atoms with E-state index in [-0.39, 0.29) is 11.8 Å². The second-order valence-corrected chi connectivity index (χ2v) is 8.47. The predicted octanol–water partition coefficient (Wildman–Crippen LogP) is 3.85. The molecule has 1 aromatic heterocycles. The number of hydrogen-bond donors (Lipinski definition) is 0. The van der Waals surface area contributed by atoms with Gasteiger partial charge < -0.3 is 9.64 Å². The Hall–Kier alpha value is -1.63. The monoisotopic (exact) mass is 407 g/mol. The number of nitrogens with zero attached hydrogens (tertiary/aromatic N) is 3. The Bertz CT molecular complexity index is 742. The summed E-state index contributed by atoms with van der Waals surface area (Å²) in [7, 11) is 1.86. The van der Waals surface area contributed by atoms with Gasteiger partial charge in [0.05, 0.1) is 17.2 Å². The van der Waals surface area contributed by atoms with E-state index >= 15 is 0 Å². The Labute approximate surface area is 169 Å². The molecule has 1 aliphatic rings. The largest absolute Gasteiger partial charge is 0.492 e. The molecule has 1 saturated heterocycles. The molecule has 0 spiro atoms. The number of amides is 1. The maximum Gasteiger partial charge on any atom is 0.225 e. The van der Waals surface area contributed by atoms with Crippen LogP contribution in [0.3, 0.4) is 0 Å². The number of carbonyl (C=O) groups is 1. The summed E-state index contributed by atoms with van der Waals surface area (Å²) in [6, 6.07) is 7.27. The first kappa shape index (κ1) is 20.1. The number of hydrogen-bond acceptors (Lipinski definition) is 5. The first-order valence-electron chi connectivity index (χ1n) is 9.28. The highest BCUT2D eigenvalue weighted by Gasteiger charge is 2.27. The van der Waals surface area contributed by atoms with Crippen molar-refractivity contribution in [2.75, 3.05) is 33.3 Å². The quantitative estimate of drug-likeness (QED) is 0.699. The molecule has 7 heteroatoms. The van der Waals surface area contributed by atoms with Gasteiger partial charge in [0.15, 0.2) is 0 Å². The molecule has 0 atom stereocenters. The van der Waals surface area contributed by atoms with Gasteiger partial charge in [-0.25, -0.2) is 4.98 Å². The summed E-state index contributed by atoms with van der Waals surface area (Å²) in [6.07, 6.45) is 1.81. The molecular formula is C20H26ClN3O2S. The van der Waals surface area contributed by atoms with Gasteiger partial charge in [-0.15, -0.1) is 11.3 Å². The molecule has 0 aliphatic carbocycles. The number of aryl methyl sites for hydroxylation is 1. The fourth-order valence-corrected chi connectivity index (χ4v) is 4.03. The van der Waals surface area contributed by atoms with Crippen LogP contribution in [0.1, 0.15) is 23.5 Å². The number of likely N-dealkylation sites (tertiary alicyclic amines) is 1. The van der Waals surface area contributed by atoms with Gasteiger partial charge in [-0.3, -0.25) is 9.69 Å². The molecule has 0 N–H and O–H groups in total. The van der Waals surface area contributed by atoms with Crippen LogP contribution in [0.5, 0.6) is 5.75 Å². The summed E-state index contributed by atoms with van der Waals surface area (Å²) < 4.78 is 5.69. The van der Waals surface area contributed by atoms with Gasteiger partial charge >= 0.3 is 0 Å². The van der Waals surface area contributed by atoms with Crippen molar-refractivity contribution < 1.29 is 9.53 Å². The van der Waals surface area contributed by atoms with Crippen LogP contribution in [0.15, 0.2) is 29.6 Å². The standard InChI is InChI=1S/C20H26ClN3O2S/c1-15-22-18(14-27-15)13-24-9-7-16(8-10-24)20(25)23(2)11-12-26-19-5-3-17(21)4-6-19/h3-6,14,16H,7-13H2,1-2H3. The van der Waals surface area contributed by atoms with Crippen LogP contribution < -0.4 is 4.74 Å². The maximum absolute atomic E-state index is 12.7. The number of piperidine rings is 1. The third kappa shape index (κ3) is 5.92. The van der Waals surface area contributed by atoms with Crippen molar-refractivity contribution in [1.29, 1.82) is 0 Å². The average molecular weight is 408 g/mol. The lowest BCUT2D eigenvalue weighted by Gasteiger charge is -2.32. The third-order valence-corrected chi connectivity index (χ3v) is 5.95. The Kier molecular flexibility index (Phi) is 7.10. The molecule has 0 saturated carbocycles. The summed E-state index contributed by atoms with van der Waals surface area (Å²) in [5.41, 5.74) is 1.14. The van der Waals surface area contributed by atoms with E-state index in [1.807, 2.05) is 26.1 Å². The lowest BCUT2D eigenvalue weighted by Crippen LogP contribution is -2.42. The van der Waals surface area contributed by atoms with E-state index in [0.29, 0.717) is 18.2 Å². The summed E-state index contributed by atoms with van der Waals surface area (Å²) in [5.74, 6) is 1.10. The summed E-state index contributed by atoms with van der Waals surface area (Å²) in [4.78, 5) is 21.4. The van der Waals surface area contributed by atoms with Crippen LogP contribution in [-0.2, 0) is 11.3 Å². The summed E-state index contributed by atoms with van der Waals surface area (Å²) in [5, 5.41) is 3.92. The molecule has 0 radical (unpaired) electrons. The van der Waals surface area contributed by atoms with E-state index < -0.39 is 0 Å². The van der Waals surface area contributed by atoms with Crippen molar-refractivity contribution in [1.82, 2.24) is 14.8 Å². The highest BCUT2D eigenvalue weighted by atomic mass is 35.5. The fourth-order valence-electron chi connectivity index (χ4n) is 3.30. The van der Waals surface area contributed by atoms with Crippen molar-refractivity contribution >= 4 is 28.8 Å². The zero-order valence-electron chi connectivity index (χ0n) is 15.9. The van der Waals surface area contributed by atoms with Gasteiger partial charge in [0.2, 0.25) is 5.91 Å². The minimum Gasteiger partial charge on any atom is -0.492 e.